The number of hydrogen-bond acceptors (Lipinski definition) is 4. The van der Waals surface area contributed by atoms with Gasteiger partial charge in [-0.1, -0.05) is 102 Å². The second-order valence-electron chi connectivity index (χ2n) is 10.9. The summed E-state index contributed by atoms with van der Waals surface area (Å²) in [5, 5.41) is 3.72. The van der Waals surface area contributed by atoms with Crippen LogP contribution in [0.3, 0.4) is 0 Å². The lowest BCUT2D eigenvalue weighted by molar-refractivity contribution is -0.140. The molecular weight excluding hydrogens is 629 g/mol. The van der Waals surface area contributed by atoms with Gasteiger partial charge in [0.15, 0.2) is 0 Å². The SMILES string of the molecule is CC[C@@H](C)NC(=O)[C@H](Cc1ccccc1)N(Cc1ccc(Cl)cc1)C(=O)CN(c1ccccc1Cl)S(=O)(=O)c1ccc(C)cc1. The molecule has 0 bridgehead atoms. The summed E-state index contributed by atoms with van der Waals surface area (Å²) in [5.74, 6) is -0.901. The second kappa shape index (κ2) is 15.4. The van der Waals surface area contributed by atoms with Gasteiger partial charge in [-0.15, -0.1) is 0 Å². The van der Waals surface area contributed by atoms with Crippen molar-refractivity contribution < 1.29 is 18.0 Å². The van der Waals surface area contributed by atoms with Crippen LogP contribution >= 0.6 is 23.2 Å². The van der Waals surface area contributed by atoms with E-state index in [1.807, 2.05) is 51.1 Å². The third kappa shape index (κ3) is 8.87. The number of benzene rings is 4. The number of rotatable bonds is 13. The van der Waals surface area contributed by atoms with Crippen LogP contribution in [0.1, 0.15) is 37.0 Å². The van der Waals surface area contributed by atoms with Crippen LogP contribution in [-0.4, -0.2) is 43.8 Å². The van der Waals surface area contributed by atoms with Crippen molar-refractivity contribution in [3.8, 4) is 0 Å². The maximum absolute atomic E-state index is 14.5. The molecule has 45 heavy (non-hydrogen) atoms. The van der Waals surface area contributed by atoms with E-state index in [9.17, 15) is 18.0 Å². The molecule has 4 rings (SSSR count). The summed E-state index contributed by atoms with van der Waals surface area (Å²) in [7, 11) is -4.24. The van der Waals surface area contributed by atoms with Crippen LogP contribution in [0.15, 0.2) is 108 Å². The average molecular weight is 667 g/mol. The zero-order chi connectivity index (χ0) is 32.6. The minimum atomic E-state index is -4.24. The summed E-state index contributed by atoms with van der Waals surface area (Å²) >= 11 is 12.7. The third-order valence-corrected chi connectivity index (χ3v) is 9.89. The van der Waals surface area contributed by atoms with Crippen LogP contribution in [0, 0.1) is 6.92 Å². The number of anilines is 1. The molecule has 0 fully saturated rings. The number of halogens is 2. The number of carbonyl (C=O) groups is 2. The van der Waals surface area contributed by atoms with Crippen LogP contribution in [-0.2, 0) is 32.6 Å². The first kappa shape index (κ1) is 34.0. The van der Waals surface area contributed by atoms with E-state index in [1.165, 1.54) is 17.0 Å². The van der Waals surface area contributed by atoms with E-state index in [4.69, 9.17) is 23.2 Å². The largest absolute Gasteiger partial charge is 0.352 e. The molecule has 2 amide bonds. The van der Waals surface area contributed by atoms with Gasteiger partial charge < -0.3 is 10.2 Å². The monoisotopic (exact) mass is 665 g/mol. The maximum Gasteiger partial charge on any atom is 0.264 e. The van der Waals surface area contributed by atoms with E-state index in [0.717, 1.165) is 21.0 Å². The highest BCUT2D eigenvalue weighted by Gasteiger charge is 2.35. The molecule has 0 saturated heterocycles. The number of aryl methyl sites for hydroxylation is 1. The molecular formula is C35H37Cl2N3O4S. The van der Waals surface area contributed by atoms with Gasteiger partial charge in [0.05, 0.1) is 15.6 Å². The van der Waals surface area contributed by atoms with Gasteiger partial charge >= 0.3 is 0 Å². The number of carbonyl (C=O) groups excluding carboxylic acids is 2. The van der Waals surface area contributed by atoms with Gasteiger partial charge in [0.1, 0.15) is 12.6 Å². The Morgan fingerprint density at radius 3 is 2.07 bits per heavy atom. The van der Waals surface area contributed by atoms with Crippen molar-refractivity contribution in [3.05, 3.63) is 130 Å². The number of para-hydroxylation sites is 1. The van der Waals surface area contributed by atoms with Crippen molar-refractivity contribution >= 4 is 50.7 Å². The number of nitrogens with zero attached hydrogens (tertiary/aromatic N) is 2. The molecule has 0 aliphatic heterocycles. The zero-order valence-corrected chi connectivity index (χ0v) is 27.8. The molecule has 0 aliphatic carbocycles. The normalized spacial score (nSPS) is 12.6. The first-order valence-corrected chi connectivity index (χ1v) is 16.9. The van der Waals surface area contributed by atoms with Gasteiger partial charge in [0, 0.05) is 24.0 Å². The molecule has 2 atom stereocenters. The Morgan fingerprint density at radius 2 is 1.44 bits per heavy atom. The summed E-state index contributed by atoms with van der Waals surface area (Å²) in [6.45, 7) is 5.18. The van der Waals surface area contributed by atoms with Gasteiger partial charge in [-0.05, 0) is 67.8 Å². The molecule has 236 valence electrons. The summed E-state index contributed by atoms with van der Waals surface area (Å²) in [6, 6.07) is 28.2. The van der Waals surface area contributed by atoms with Crippen molar-refractivity contribution in [3.63, 3.8) is 0 Å². The first-order valence-electron chi connectivity index (χ1n) is 14.7. The highest BCUT2D eigenvalue weighted by atomic mass is 35.5. The molecule has 0 saturated carbocycles. The van der Waals surface area contributed by atoms with Crippen LogP contribution in [0.4, 0.5) is 5.69 Å². The molecule has 0 aliphatic rings. The standard InChI is InChI=1S/C35H37Cl2N3O4S/c1-4-26(3)38-35(42)33(22-27-10-6-5-7-11-27)39(23-28-16-18-29(36)19-17-28)34(41)24-40(32-13-9-8-12-31(32)37)45(43,44)30-20-14-25(2)15-21-30/h5-21,26,33H,4,22-24H2,1-3H3,(H,38,42)/t26-,33+/m1/s1. The van der Waals surface area contributed by atoms with Gasteiger partial charge in [-0.2, -0.15) is 0 Å². The molecule has 10 heteroatoms. The smallest absolute Gasteiger partial charge is 0.264 e. The molecule has 7 nitrogen and oxygen atoms in total. The first-order chi connectivity index (χ1) is 21.5. The van der Waals surface area contributed by atoms with Gasteiger partial charge in [0.2, 0.25) is 11.8 Å². The Bertz CT molecular complexity index is 1700. The summed E-state index contributed by atoms with van der Waals surface area (Å²) in [5.41, 5.74) is 2.63. The lowest BCUT2D eigenvalue weighted by atomic mass is 10.0. The van der Waals surface area contributed by atoms with Gasteiger partial charge in [-0.25, -0.2) is 8.42 Å². The maximum atomic E-state index is 14.5. The molecule has 4 aromatic rings. The quantitative estimate of drug-likeness (QED) is 0.166. The lowest BCUT2D eigenvalue weighted by Gasteiger charge is -2.34. The number of hydrogen-bond donors (Lipinski definition) is 1. The predicted molar refractivity (Wildman–Crippen MR) is 181 cm³/mol. The molecule has 4 aromatic carbocycles. The fraction of sp³-hybridized carbons (Fsp3) is 0.257. The number of amides is 2. The molecule has 0 radical (unpaired) electrons. The number of sulfonamides is 1. The predicted octanol–water partition coefficient (Wildman–Crippen LogP) is 7.05. The minimum Gasteiger partial charge on any atom is -0.352 e. The summed E-state index contributed by atoms with van der Waals surface area (Å²) < 4.78 is 29.3. The van der Waals surface area contributed by atoms with E-state index < -0.39 is 28.5 Å². The highest BCUT2D eigenvalue weighted by Crippen LogP contribution is 2.31. The molecule has 0 heterocycles. The molecule has 0 aromatic heterocycles. The van der Waals surface area contributed by atoms with E-state index in [2.05, 4.69) is 5.32 Å². The zero-order valence-electron chi connectivity index (χ0n) is 25.5. The van der Waals surface area contributed by atoms with Crippen LogP contribution in [0.25, 0.3) is 0 Å². The fourth-order valence-corrected chi connectivity index (χ4v) is 6.63. The second-order valence-corrected chi connectivity index (χ2v) is 13.7. The Labute approximate surface area is 275 Å². The topological polar surface area (TPSA) is 86.8 Å². The van der Waals surface area contributed by atoms with Gasteiger partial charge in [0.25, 0.3) is 10.0 Å². The summed E-state index contributed by atoms with van der Waals surface area (Å²) in [4.78, 5) is 29.9. The van der Waals surface area contributed by atoms with E-state index in [-0.39, 0.29) is 40.5 Å². The van der Waals surface area contributed by atoms with E-state index >= 15 is 0 Å². The average Bonchev–Trinajstić information content (AvgIpc) is 3.03. The molecule has 1 N–H and O–H groups in total. The Hall–Kier alpha value is -3.85. The molecule has 0 spiro atoms. The third-order valence-electron chi connectivity index (χ3n) is 7.55. The fourth-order valence-electron chi connectivity index (χ4n) is 4.79. The van der Waals surface area contributed by atoms with Crippen molar-refractivity contribution in [1.82, 2.24) is 10.2 Å². The Kier molecular flexibility index (Phi) is 11.7. The van der Waals surface area contributed by atoms with Crippen molar-refractivity contribution in [1.29, 1.82) is 0 Å². The van der Waals surface area contributed by atoms with Crippen LogP contribution in [0.5, 0.6) is 0 Å². The minimum absolute atomic E-state index is 0.0143. The van der Waals surface area contributed by atoms with Crippen molar-refractivity contribution in [2.45, 2.75) is 57.1 Å². The lowest BCUT2D eigenvalue weighted by Crippen LogP contribution is -2.54. The Morgan fingerprint density at radius 1 is 0.822 bits per heavy atom. The van der Waals surface area contributed by atoms with Crippen molar-refractivity contribution in [2.75, 3.05) is 10.8 Å². The number of nitrogens with one attached hydrogen (secondary N) is 1. The Balaban J connectivity index is 1.81. The van der Waals surface area contributed by atoms with Crippen LogP contribution < -0.4 is 9.62 Å². The van der Waals surface area contributed by atoms with Crippen molar-refractivity contribution in [2.24, 2.45) is 0 Å². The van der Waals surface area contributed by atoms with Crippen LogP contribution in [0.2, 0.25) is 10.0 Å². The van der Waals surface area contributed by atoms with E-state index in [1.54, 1.807) is 60.7 Å². The van der Waals surface area contributed by atoms with Gasteiger partial charge in [-0.3, -0.25) is 13.9 Å². The highest BCUT2D eigenvalue weighted by molar-refractivity contribution is 7.92. The van der Waals surface area contributed by atoms with E-state index in [0.29, 0.717) is 11.4 Å². The molecule has 0 unspecified atom stereocenters. The summed E-state index contributed by atoms with van der Waals surface area (Å²) in [6.07, 6.45) is 0.920.